The van der Waals surface area contributed by atoms with Gasteiger partial charge in [0.2, 0.25) is 11.8 Å². The van der Waals surface area contributed by atoms with Crippen LogP contribution in [0.25, 0.3) is 0 Å². The summed E-state index contributed by atoms with van der Waals surface area (Å²) in [6.45, 7) is 5.28. The third-order valence-electron chi connectivity index (χ3n) is 3.99. The molecule has 0 aliphatic carbocycles. The maximum absolute atomic E-state index is 12.5. The number of hydrogen-bond donors (Lipinski definition) is 1. The number of amides is 2. The van der Waals surface area contributed by atoms with Crippen LogP contribution in [0.2, 0.25) is 0 Å². The third-order valence-corrected chi connectivity index (χ3v) is 3.99. The van der Waals surface area contributed by atoms with Crippen LogP contribution in [0.5, 0.6) is 11.5 Å². The Kier molecular flexibility index (Phi) is 6.22. The minimum atomic E-state index is -0.299. The maximum Gasteiger partial charge on any atom is 0.244 e. The van der Waals surface area contributed by atoms with Crippen molar-refractivity contribution < 1.29 is 19.1 Å². The zero-order chi connectivity index (χ0) is 19.3. The standard InChI is InChI=1S/C20H24N2O4/c1-13-6-8-17(14(2)10-13)22(15(3)23)12-20(24)21-16-7-9-18(25-4)19(11-16)26-5/h6-11H,12H2,1-5H3,(H,21,24). The molecular weight excluding hydrogens is 332 g/mol. The highest BCUT2D eigenvalue weighted by atomic mass is 16.5. The third kappa shape index (κ3) is 4.53. The molecule has 0 unspecified atom stereocenters. The molecule has 0 radical (unpaired) electrons. The lowest BCUT2D eigenvalue weighted by Crippen LogP contribution is -2.37. The molecule has 2 aromatic rings. The zero-order valence-corrected chi connectivity index (χ0v) is 15.8. The lowest BCUT2D eigenvalue weighted by Gasteiger charge is -2.23. The maximum atomic E-state index is 12.5. The van der Waals surface area contributed by atoms with Gasteiger partial charge in [0.1, 0.15) is 6.54 Å². The van der Waals surface area contributed by atoms with Gasteiger partial charge < -0.3 is 19.7 Å². The molecule has 2 aromatic carbocycles. The fourth-order valence-corrected chi connectivity index (χ4v) is 2.73. The van der Waals surface area contributed by atoms with Crippen LogP contribution in [-0.4, -0.2) is 32.6 Å². The minimum absolute atomic E-state index is 0.0758. The predicted octanol–water partition coefficient (Wildman–Crippen LogP) is 3.31. The first-order valence-electron chi connectivity index (χ1n) is 8.23. The van der Waals surface area contributed by atoms with E-state index in [1.165, 1.54) is 18.9 Å². The van der Waals surface area contributed by atoms with Crippen LogP contribution in [0, 0.1) is 13.8 Å². The number of ether oxygens (including phenoxy) is 2. The molecule has 6 heteroatoms. The summed E-state index contributed by atoms with van der Waals surface area (Å²) in [5, 5.41) is 2.79. The lowest BCUT2D eigenvalue weighted by atomic mass is 10.1. The van der Waals surface area contributed by atoms with Gasteiger partial charge in [-0.2, -0.15) is 0 Å². The highest BCUT2D eigenvalue weighted by molar-refractivity contribution is 6.02. The van der Waals surface area contributed by atoms with Crippen LogP contribution in [0.4, 0.5) is 11.4 Å². The molecule has 0 saturated heterocycles. The van der Waals surface area contributed by atoms with Crippen LogP contribution >= 0.6 is 0 Å². The molecule has 0 bridgehead atoms. The number of aryl methyl sites for hydroxylation is 2. The summed E-state index contributed by atoms with van der Waals surface area (Å²) < 4.78 is 10.4. The molecule has 0 heterocycles. The van der Waals surface area contributed by atoms with E-state index in [9.17, 15) is 9.59 Å². The van der Waals surface area contributed by atoms with Crippen LogP contribution in [0.15, 0.2) is 36.4 Å². The Morgan fingerprint density at radius 1 is 1.00 bits per heavy atom. The van der Waals surface area contributed by atoms with Crippen LogP contribution in [-0.2, 0) is 9.59 Å². The largest absolute Gasteiger partial charge is 0.493 e. The molecular formula is C20H24N2O4. The van der Waals surface area contributed by atoms with Crippen molar-refractivity contribution in [2.45, 2.75) is 20.8 Å². The summed E-state index contributed by atoms with van der Waals surface area (Å²) in [5.74, 6) is 0.598. The molecule has 0 spiro atoms. The van der Waals surface area contributed by atoms with Gasteiger partial charge >= 0.3 is 0 Å². The van der Waals surface area contributed by atoms with Crippen LogP contribution < -0.4 is 19.7 Å². The molecule has 26 heavy (non-hydrogen) atoms. The molecule has 2 amide bonds. The lowest BCUT2D eigenvalue weighted by molar-refractivity contribution is -0.120. The summed E-state index contributed by atoms with van der Waals surface area (Å²) in [6.07, 6.45) is 0. The van der Waals surface area contributed by atoms with Crippen molar-refractivity contribution in [3.63, 3.8) is 0 Å². The van der Waals surface area contributed by atoms with E-state index in [-0.39, 0.29) is 18.4 Å². The fourth-order valence-electron chi connectivity index (χ4n) is 2.73. The van der Waals surface area contributed by atoms with E-state index in [0.717, 1.165) is 16.8 Å². The summed E-state index contributed by atoms with van der Waals surface area (Å²) in [7, 11) is 3.08. The molecule has 0 aliphatic rings. The van der Waals surface area contributed by atoms with Gasteiger partial charge in [0.25, 0.3) is 0 Å². The number of carbonyl (C=O) groups excluding carboxylic acids is 2. The van der Waals surface area contributed by atoms with E-state index in [2.05, 4.69) is 5.32 Å². The Balaban J connectivity index is 2.17. The monoisotopic (exact) mass is 356 g/mol. The van der Waals surface area contributed by atoms with Gasteiger partial charge in [-0.15, -0.1) is 0 Å². The molecule has 0 saturated carbocycles. The van der Waals surface area contributed by atoms with Gasteiger partial charge in [-0.1, -0.05) is 17.7 Å². The van der Waals surface area contributed by atoms with Crippen molar-refractivity contribution >= 4 is 23.2 Å². The number of nitrogens with one attached hydrogen (secondary N) is 1. The van der Waals surface area contributed by atoms with Crippen molar-refractivity contribution in [2.75, 3.05) is 31.0 Å². The van der Waals surface area contributed by atoms with Gasteiger partial charge in [0.15, 0.2) is 11.5 Å². The van der Waals surface area contributed by atoms with Gasteiger partial charge in [0, 0.05) is 24.4 Å². The minimum Gasteiger partial charge on any atom is -0.493 e. The number of hydrogen-bond acceptors (Lipinski definition) is 4. The molecule has 0 aromatic heterocycles. The Hall–Kier alpha value is -3.02. The molecule has 6 nitrogen and oxygen atoms in total. The van der Waals surface area contributed by atoms with Crippen LogP contribution in [0.3, 0.4) is 0 Å². The molecule has 138 valence electrons. The van der Waals surface area contributed by atoms with Crippen molar-refractivity contribution in [3.8, 4) is 11.5 Å². The van der Waals surface area contributed by atoms with E-state index < -0.39 is 0 Å². The number of benzene rings is 2. The first-order valence-corrected chi connectivity index (χ1v) is 8.23. The molecule has 0 aliphatic heterocycles. The second-order valence-corrected chi connectivity index (χ2v) is 6.01. The Morgan fingerprint density at radius 3 is 2.27 bits per heavy atom. The van der Waals surface area contributed by atoms with Gasteiger partial charge in [0.05, 0.1) is 14.2 Å². The van der Waals surface area contributed by atoms with E-state index in [0.29, 0.717) is 17.2 Å². The first kappa shape index (κ1) is 19.3. The summed E-state index contributed by atoms with van der Waals surface area (Å²) in [5.41, 5.74) is 3.34. The van der Waals surface area contributed by atoms with Crippen molar-refractivity contribution in [1.82, 2.24) is 0 Å². The van der Waals surface area contributed by atoms with Crippen LogP contribution in [0.1, 0.15) is 18.1 Å². The van der Waals surface area contributed by atoms with E-state index >= 15 is 0 Å². The SMILES string of the molecule is COc1ccc(NC(=O)CN(C(C)=O)c2ccc(C)cc2C)cc1OC. The summed E-state index contributed by atoms with van der Waals surface area (Å²) in [4.78, 5) is 26.0. The van der Waals surface area contributed by atoms with Gasteiger partial charge in [-0.3, -0.25) is 9.59 Å². The quantitative estimate of drug-likeness (QED) is 0.862. The highest BCUT2D eigenvalue weighted by Crippen LogP contribution is 2.29. The first-order chi connectivity index (χ1) is 12.3. The Morgan fingerprint density at radius 2 is 1.69 bits per heavy atom. The van der Waals surface area contributed by atoms with Gasteiger partial charge in [-0.25, -0.2) is 0 Å². The van der Waals surface area contributed by atoms with Crippen molar-refractivity contribution in [3.05, 3.63) is 47.5 Å². The number of nitrogens with zero attached hydrogens (tertiary/aromatic N) is 1. The molecule has 1 N–H and O–H groups in total. The molecule has 0 fully saturated rings. The summed E-state index contributed by atoms with van der Waals surface area (Å²) in [6, 6.07) is 10.9. The van der Waals surface area contributed by atoms with Crippen molar-refractivity contribution in [1.29, 1.82) is 0 Å². The van der Waals surface area contributed by atoms with E-state index in [1.54, 1.807) is 25.3 Å². The number of rotatable bonds is 6. The smallest absolute Gasteiger partial charge is 0.244 e. The second-order valence-electron chi connectivity index (χ2n) is 6.01. The van der Waals surface area contributed by atoms with Crippen molar-refractivity contribution in [2.24, 2.45) is 0 Å². The van der Waals surface area contributed by atoms with E-state index in [4.69, 9.17) is 9.47 Å². The predicted molar refractivity (Wildman–Crippen MR) is 102 cm³/mol. The highest BCUT2D eigenvalue weighted by Gasteiger charge is 2.18. The number of carbonyl (C=O) groups is 2. The van der Waals surface area contributed by atoms with E-state index in [1.807, 2.05) is 32.0 Å². The fraction of sp³-hybridized carbons (Fsp3) is 0.300. The summed E-state index contributed by atoms with van der Waals surface area (Å²) >= 11 is 0. The number of methoxy groups -OCH3 is 2. The average Bonchev–Trinajstić information content (AvgIpc) is 2.60. The topological polar surface area (TPSA) is 67.9 Å². The second kappa shape index (κ2) is 8.38. The molecule has 2 rings (SSSR count). The Bertz CT molecular complexity index is 817. The average molecular weight is 356 g/mol. The Labute approximate surface area is 153 Å². The van der Waals surface area contributed by atoms with Gasteiger partial charge in [-0.05, 0) is 37.6 Å². The molecule has 0 atom stereocenters. The number of anilines is 2. The zero-order valence-electron chi connectivity index (χ0n) is 15.8. The normalized spacial score (nSPS) is 10.2.